The molecule has 0 atom stereocenters. The van der Waals surface area contributed by atoms with Gasteiger partial charge in [-0.1, -0.05) is 11.6 Å². The number of hydrogen-bond acceptors (Lipinski definition) is 4. The van der Waals surface area contributed by atoms with Gasteiger partial charge in [0, 0.05) is 10.9 Å². The minimum absolute atomic E-state index is 0.0139. The number of nitrogens with zero attached hydrogens (tertiary/aromatic N) is 2. The minimum Gasteiger partial charge on any atom is -0.329 e. The Balaban J connectivity index is 1.87. The lowest BCUT2D eigenvalue weighted by Crippen LogP contribution is -2.30. The van der Waals surface area contributed by atoms with Gasteiger partial charge in [0.05, 0.1) is 23.8 Å². The summed E-state index contributed by atoms with van der Waals surface area (Å²) in [4.78, 5) is 28.6. The predicted octanol–water partition coefficient (Wildman–Crippen LogP) is 2.96. The van der Waals surface area contributed by atoms with E-state index in [-0.39, 0.29) is 29.8 Å². The second-order valence-electron chi connectivity index (χ2n) is 4.85. The fourth-order valence-electron chi connectivity index (χ4n) is 2.11. The Morgan fingerprint density at radius 3 is 2.91 bits per heavy atom. The summed E-state index contributed by atoms with van der Waals surface area (Å²) in [6.07, 6.45) is 0. The fraction of sp³-hybridized carbons (Fsp3) is 0.214. The maximum absolute atomic E-state index is 13.4. The van der Waals surface area contributed by atoms with E-state index in [0.717, 1.165) is 4.90 Å². The normalized spacial score (nSPS) is 14.6. The van der Waals surface area contributed by atoms with Crippen molar-refractivity contribution in [1.29, 1.82) is 0 Å². The van der Waals surface area contributed by atoms with Crippen LogP contribution in [-0.2, 0) is 11.3 Å². The molecule has 1 N–H and O–H groups in total. The lowest BCUT2D eigenvalue weighted by Gasteiger charge is -2.09. The van der Waals surface area contributed by atoms with Gasteiger partial charge in [-0.05, 0) is 24.6 Å². The molecule has 22 heavy (non-hydrogen) atoms. The summed E-state index contributed by atoms with van der Waals surface area (Å²) < 4.78 is 13.4. The third-order valence-electron chi connectivity index (χ3n) is 3.31. The molecule has 0 radical (unpaired) electrons. The highest BCUT2D eigenvalue weighted by atomic mass is 35.5. The number of thiazole rings is 1. The third-order valence-corrected chi connectivity index (χ3v) is 4.45. The fourth-order valence-corrected chi connectivity index (χ4v) is 3.14. The number of aryl methyl sites for hydroxylation is 1. The molecule has 8 heteroatoms. The first kappa shape index (κ1) is 14.9. The van der Waals surface area contributed by atoms with Crippen molar-refractivity contribution in [2.24, 2.45) is 0 Å². The predicted molar refractivity (Wildman–Crippen MR) is 81.2 cm³/mol. The summed E-state index contributed by atoms with van der Waals surface area (Å²) in [5.41, 5.74) is 1.70. The minimum atomic E-state index is -0.419. The number of carbonyl (C=O) groups excluding carboxylic acids is 2. The van der Waals surface area contributed by atoms with Gasteiger partial charge in [-0.15, -0.1) is 11.3 Å². The third kappa shape index (κ3) is 2.69. The van der Waals surface area contributed by atoms with Gasteiger partial charge in [-0.2, -0.15) is 0 Å². The Bertz CT molecular complexity index is 761. The number of carbonyl (C=O) groups is 2. The smallest absolute Gasteiger partial charge is 0.324 e. The van der Waals surface area contributed by atoms with Gasteiger partial charge in [0.15, 0.2) is 0 Å². The number of rotatable bonds is 3. The second-order valence-corrected chi connectivity index (χ2v) is 6.20. The lowest BCUT2D eigenvalue weighted by atomic mass is 10.1. The van der Waals surface area contributed by atoms with E-state index in [1.807, 2.05) is 0 Å². The van der Waals surface area contributed by atoms with E-state index < -0.39 is 6.03 Å². The van der Waals surface area contributed by atoms with Crippen LogP contribution in [0.25, 0.3) is 11.3 Å². The highest BCUT2D eigenvalue weighted by Gasteiger charge is 2.29. The van der Waals surface area contributed by atoms with E-state index >= 15 is 0 Å². The molecule has 0 bridgehead atoms. The number of amides is 3. The van der Waals surface area contributed by atoms with Crippen LogP contribution < -0.4 is 5.32 Å². The number of hydrogen-bond donors (Lipinski definition) is 1. The molecule has 0 saturated carbocycles. The molecule has 0 spiro atoms. The molecule has 1 saturated heterocycles. The maximum Gasteiger partial charge on any atom is 0.324 e. The van der Waals surface area contributed by atoms with Crippen LogP contribution in [0.15, 0.2) is 17.5 Å². The summed E-state index contributed by atoms with van der Waals surface area (Å²) >= 11 is 7.37. The molecule has 0 aliphatic carbocycles. The Morgan fingerprint density at radius 1 is 1.45 bits per heavy atom. The van der Waals surface area contributed by atoms with Crippen molar-refractivity contribution in [3.05, 3.63) is 38.9 Å². The number of imide groups is 1. The molecule has 3 amide bonds. The first-order valence-electron chi connectivity index (χ1n) is 6.44. The Morgan fingerprint density at radius 2 is 2.23 bits per heavy atom. The van der Waals surface area contributed by atoms with Gasteiger partial charge in [0.25, 0.3) is 0 Å². The van der Waals surface area contributed by atoms with Gasteiger partial charge >= 0.3 is 6.03 Å². The van der Waals surface area contributed by atoms with Crippen molar-refractivity contribution in [2.75, 3.05) is 6.54 Å². The molecule has 2 aromatic rings. The van der Waals surface area contributed by atoms with E-state index in [1.165, 1.54) is 17.4 Å². The zero-order valence-corrected chi connectivity index (χ0v) is 13.1. The van der Waals surface area contributed by atoms with E-state index in [9.17, 15) is 14.0 Å². The molecule has 3 rings (SSSR count). The molecule has 0 unspecified atom stereocenters. The van der Waals surface area contributed by atoms with Crippen LogP contribution in [0.2, 0.25) is 5.02 Å². The van der Waals surface area contributed by atoms with Crippen LogP contribution in [0.4, 0.5) is 9.18 Å². The molecule has 1 aliphatic rings. The zero-order valence-electron chi connectivity index (χ0n) is 11.5. The van der Waals surface area contributed by atoms with Crippen molar-refractivity contribution in [3.8, 4) is 11.3 Å². The Kier molecular flexibility index (Phi) is 3.84. The van der Waals surface area contributed by atoms with Crippen LogP contribution in [0.1, 0.15) is 10.6 Å². The van der Waals surface area contributed by atoms with Gasteiger partial charge in [-0.25, -0.2) is 14.2 Å². The standard InChI is InChI=1S/C14H11ClFN3O2S/c1-7-2-8(9(15)3-10(7)16)11-6-22-12(18-11)5-19-13(20)4-17-14(19)21/h2-3,6H,4-5H2,1H3,(H,17,21). The summed E-state index contributed by atoms with van der Waals surface area (Å²) in [5.74, 6) is -0.652. The van der Waals surface area contributed by atoms with Crippen LogP contribution in [-0.4, -0.2) is 28.4 Å². The second kappa shape index (κ2) is 5.66. The van der Waals surface area contributed by atoms with Gasteiger partial charge in [0.2, 0.25) is 5.91 Å². The maximum atomic E-state index is 13.4. The molecule has 1 aliphatic heterocycles. The molecule has 1 aromatic heterocycles. The van der Waals surface area contributed by atoms with Crippen LogP contribution >= 0.6 is 22.9 Å². The van der Waals surface area contributed by atoms with Crippen molar-refractivity contribution in [3.63, 3.8) is 0 Å². The first-order chi connectivity index (χ1) is 10.5. The van der Waals surface area contributed by atoms with Gasteiger partial charge in [0.1, 0.15) is 10.8 Å². The molecule has 114 valence electrons. The van der Waals surface area contributed by atoms with Crippen LogP contribution in [0.3, 0.4) is 0 Å². The zero-order chi connectivity index (χ0) is 15.9. The number of aromatic nitrogens is 1. The molecule has 1 aromatic carbocycles. The van der Waals surface area contributed by atoms with Gasteiger partial charge in [-0.3, -0.25) is 9.69 Å². The van der Waals surface area contributed by atoms with Crippen molar-refractivity contribution in [1.82, 2.24) is 15.2 Å². The molecule has 5 nitrogen and oxygen atoms in total. The van der Waals surface area contributed by atoms with E-state index in [1.54, 1.807) is 18.4 Å². The van der Waals surface area contributed by atoms with Crippen molar-refractivity contribution < 1.29 is 14.0 Å². The monoisotopic (exact) mass is 339 g/mol. The van der Waals surface area contributed by atoms with Crippen molar-refractivity contribution >= 4 is 34.9 Å². The van der Waals surface area contributed by atoms with Gasteiger partial charge < -0.3 is 5.32 Å². The first-order valence-corrected chi connectivity index (χ1v) is 7.70. The Hall–Kier alpha value is -1.99. The van der Waals surface area contributed by atoms with E-state index in [0.29, 0.717) is 21.8 Å². The van der Waals surface area contributed by atoms with Crippen LogP contribution in [0.5, 0.6) is 0 Å². The largest absolute Gasteiger partial charge is 0.329 e. The number of urea groups is 1. The topological polar surface area (TPSA) is 62.3 Å². The number of halogens is 2. The van der Waals surface area contributed by atoms with E-state index in [2.05, 4.69) is 10.3 Å². The summed E-state index contributed by atoms with van der Waals surface area (Å²) in [7, 11) is 0. The highest BCUT2D eigenvalue weighted by Crippen LogP contribution is 2.31. The summed E-state index contributed by atoms with van der Waals surface area (Å²) in [5, 5.41) is 5.11. The number of benzene rings is 1. The number of nitrogens with one attached hydrogen (secondary N) is 1. The summed E-state index contributed by atoms with van der Waals surface area (Å²) in [6, 6.07) is 2.46. The molecule has 2 heterocycles. The molecule has 1 fully saturated rings. The lowest BCUT2D eigenvalue weighted by molar-refractivity contribution is -0.125. The van der Waals surface area contributed by atoms with E-state index in [4.69, 9.17) is 11.6 Å². The highest BCUT2D eigenvalue weighted by molar-refractivity contribution is 7.10. The summed E-state index contributed by atoms with van der Waals surface area (Å²) in [6.45, 7) is 1.78. The molecular weight excluding hydrogens is 329 g/mol. The van der Waals surface area contributed by atoms with Crippen LogP contribution in [0, 0.1) is 12.7 Å². The Labute approximate surface area is 134 Å². The molecular formula is C14H11ClFN3O2S. The quantitative estimate of drug-likeness (QED) is 0.874. The average molecular weight is 340 g/mol. The average Bonchev–Trinajstić information content (AvgIpc) is 3.05. The SMILES string of the molecule is Cc1cc(-c2csc(CN3C(=O)CNC3=O)n2)c(Cl)cc1F. The van der Waals surface area contributed by atoms with Crippen molar-refractivity contribution in [2.45, 2.75) is 13.5 Å².